The molecule has 2 aromatic rings. The summed E-state index contributed by atoms with van der Waals surface area (Å²) in [4.78, 5) is 4.19. The molecular weight excluding hydrogens is 184 g/mol. The standard InChI is InChI=1S/C13H9N2/c1-2-5-10(6-3-1)11-7-4-8-12-13(11)15-9-14-12/h1-9H. The van der Waals surface area contributed by atoms with Crippen molar-refractivity contribution in [2.24, 2.45) is 4.99 Å². The molecule has 0 amide bonds. The van der Waals surface area contributed by atoms with Gasteiger partial charge in [0.1, 0.15) is 6.34 Å². The molecule has 0 aromatic heterocycles. The average molecular weight is 193 g/mol. The normalized spacial score (nSPS) is 12.3. The van der Waals surface area contributed by atoms with Crippen molar-refractivity contribution in [3.05, 3.63) is 48.5 Å². The Morgan fingerprint density at radius 3 is 2.53 bits per heavy atom. The Hall–Kier alpha value is -2.09. The Labute approximate surface area is 88.3 Å². The molecule has 2 heteroatoms. The quantitative estimate of drug-likeness (QED) is 0.664. The van der Waals surface area contributed by atoms with Crippen molar-refractivity contribution in [1.82, 2.24) is 5.32 Å². The van der Waals surface area contributed by atoms with E-state index in [1.54, 1.807) is 6.34 Å². The maximum absolute atomic E-state index is 4.28. The van der Waals surface area contributed by atoms with E-state index < -0.39 is 0 Å². The van der Waals surface area contributed by atoms with E-state index in [9.17, 15) is 0 Å². The topological polar surface area (TPSA) is 26.5 Å². The van der Waals surface area contributed by atoms with Crippen LogP contribution in [0.3, 0.4) is 0 Å². The smallest absolute Gasteiger partial charge is 0.116 e. The Bertz CT molecular complexity index is 515. The second kappa shape index (κ2) is 3.24. The van der Waals surface area contributed by atoms with Gasteiger partial charge in [-0.3, -0.25) is 0 Å². The van der Waals surface area contributed by atoms with Gasteiger partial charge in [0.25, 0.3) is 0 Å². The van der Waals surface area contributed by atoms with E-state index in [-0.39, 0.29) is 0 Å². The second-order valence-corrected chi connectivity index (χ2v) is 3.41. The van der Waals surface area contributed by atoms with Gasteiger partial charge in [-0.15, -0.1) is 0 Å². The van der Waals surface area contributed by atoms with Crippen molar-refractivity contribution in [1.29, 1.82) is 0 Å². The van der Waals surface area contributed by atoms with E-state index in [1.165, 1.54) is 5.56 Å². The minimum absolute atomic E-state index is 0.955. The van der Waals surface area contributed by atoms with E-state index in [0.29, 0.717) is 0 Å². The second-order valence-electron chi connectivity index (χ2n) is 3.41. The minimum Gasteiger partial charge on any atom is -0.235 e. The van der Waals surface area contributed by atoms with Gasteiger partial charge in [-0.25, -0.2) is 10.3 Å². The molecule has 0 N–H and O–H groups in total. The number of para-hydroxylation sites is 1. The summed E-state index contributed by atoms with van der Waals surface area (Å²) in [6.07, 6.45) is 1.61. The van der Waals surface area contributed by atoms with Gasteiger partial charge in [0.2, 0.25) is 0 Å². The van der Waals surface area contributed by atoms with Crippen molar-refractivity contribution in [2.75, 3.05) is 0 Å². The third kappa shape index (κ3) is 1.31. The zero-order valence-electron chi connectivity index (χ0n) is 8.09. The first-order valence-corrected chi connectivity index (χ1v) is 4.87. The first-order valence-electron chi connectivity index (χ1n) is 4.87. The predicted octanol–water partition coefficient (Wildman–Crippen LogP) is 3.26. The maximum Gasteiger partial charge on any atom is 0.116 e. The largest absolute Gasteiger partial charge is 0.235 e. The van der Waals surface area contributed by atoms with Crippen molar-refractivity contribution >= 4 is 17.7 Å². The highest BCUT2D eigenvalue weighted by Gasteiger charge is 2.12. The lowest BCUT2D eigenvalue weighted by Crippen LogP contribution is -1.89. The first-order chi connectivity index (χ1) is 7.45. The molecule has 1 aliphatic rings. The van der Waals surface area contributed by atoms with E-state index >= 15 is 0 Å². The van der Waals surface area contributed by atoms with Crippen LogP contribution < -0.4 is 5.32 Å². The monoisotopic (exact) mass is 193 g/mol. The highest BCUT2D eigenvalue weighted by molar-refractivity contribution is 5.92. The number of benzene rings is 2. The molecule has 15 heavy (non-hydrogen) atoms. The van der Waals surface area contributed by atoms with Crippen molar-refractivity contribution in [3.8, 4) is 11.1 Å². The molecule has 71 valence electrons. The zero-order valence-corrected chi connectivity index (χ0v) is 8.09. The summed E-state index contributed by atoms with van der Waals surface area (Å²) in [7, 11) is 0. The molecule has 0 saturated carbocycles. The SMILES string of the molecule is C1=Nc2cccc(-c3ccccc3)c2[N]1. The molecule has 2 nitrogen and oxygen atoms in total. The van der Waals surface area contributed by atoms with Crippen LogP contribution in [0, 0.1) is 0 Å². The van der Waals surface area contributed by atoms with Crippen LogP contribution in [-0.4, -0.2) is 6.34 Å². The predicted molar refractivity (Wildman–Crippen MR) is 61.8 cm³/mol. The molecule has 0 unspecified atom stereocenters. The van der Waals surface area contributed by atoms with Gasteiger partial charge in [0.05, 0.1) is 11.4 Å². The summed E-state index contributed by atoms with van der Waals surface area (Å²) in [5.74, 6) is 0. The van der Waals surface area contributed by atoms with Gasteiger partial charge in [-0.1, -0.05) is 42.5 Å². The number of nitrogens with zero attached hydrogens (tertiary/aromatic N) is 2. The van der Waals surface area contributed by atoms with E-state index in [0.717, 1.165) is 16.9 Å². The summed E-state index contributed by atoms with van der Waals surface area (Å²) < 4.78 is 0. The Kier molecular flexibility index (Phi) is 1.78. The minimum atomic E-state index is 0.955. The van der Waals surface area contributed by atoms with Gasteiger partial charge >= 0.3 is 0 Å². The van der Waals surface area contributed by atoms with Crippen LogP contribution in [-0.2, 0) is 0 Å². The highest BCUT2D eigenvalue weighted by Crippen LogP contribution is 2.37. The Balaban J connectivity index is 2.19. The number of hydrogen-bond acceptors (Lipinski definition) is 1. The van der Waals surface area contributed by atoms with Crippen LogP contribution in [0.1, 0.15) is 0 Å². The molecule has 0 atom stereocenters. The Morgan fingerprint density at radius 1 is 0.800 bits per heavy atom. The van der Waals surface area contributed by atoms with Crippen molar-refractivity contribution < 1.29 is 0 Å². The number of hydrogen-bond donors (Lipinski definition) is 0. The van der Waals surface area contributed by atoms with Crippen LogP contribution in [0.15, 0.2) is 53.5 Å². The Morgan fingerprint density at radius 2 is 1.67 bits per heavy atom. The van der Waals surface area contributed by atoms with Crippen LogP contribution in [0.5, 0.6) is 0 Å². The van der Waals surface area contributed by atoms with Crippen LogP contribution in [0.2, 0.25) is 0 Å². The van der Waals surface area contributed by atoms with E-state index in [2.05, 4.69) is 28.5 Å². The fourth-order valence-electron chi connectivity index (χ4n) is 1.77. The van der Waals surface area contributed by atoms with Crippen LogP contribution in [0.4, 0.5) is 11.4 Å². The molecule has 0 fully saturated rings. The van der Waals surface area contributed by atoms with Gasteiger partial charge in [-0.05, 0) is 11.6 Å². The number of aliphatic imine (C=N–C) groups is 1. The first kappa shape index (κ1) is 8.24. The maximum atomic E-state index is 4.28. The molecule has 1 heterocycles. The van der Waals surface area contributed by atoms with Gasteiger partial charge in [-0.2, -0.15) is 0 Å². The fourth-order valence-corrected chi connectivity index (χ4v) is 1.77. The lowest BCUT2D eigenvalue weighted by atomic mass is 10.0. The summed E-state index contributed by atoms with van der Waals surface area (Å²) >= 11 is 0. The molecule has 3 rings (SSSR count). The number of fused-ring (bicyclic) bond motifs is 1. The lowest BCUT2D eigenvalue weighted by Gasteiger charge is -2.05. The number of rotatable bonds is 1. The molecule has 0 saturated heterocycles. The van der Waals surface area contributed by atoms with Gasteiger partial charge in [0.15, 0.2) is 0 Å². The summed E-state index contributed by atoms with van der Waals surface area (Å²) in [5.41, 5.74) is 4.26. The molecule has 1 radical (unpaired) electrons. The lowest BCUT2D eigenvalue weighted by molar-refractivity contribution is 1.35. The van der Waals surface area contributed by atoms with Crippen LogP contribution in [0.25, 0.3) is 11.1 Å². The fraction of sp³-hybridized carbons (Fsp3) is 0. The van der Waals surface area contributed by atoms with Gasteiger partial charge < -0.3 is 0 Å². The molecule has 0 spiro atoms. The summed E-state index contributed by atoms with van der Waals surface area (Å²) in [6.45, 7) is 0. The molecule has 1 aliphatic heterocycles. The van der Waals surface area contributed by atoms with Gasteiger partial charge in [0, 0.05) is 5.56 Å². The molecular formula is C13H9N2. The third-order valence-electron chi connectivity index (χ3n) is 2.48. The molecule has 0 aliphatic carbocycles. The van der Waals surface area contributed by atoms with Crippen LogP contribution >= 0.6 is 0 Å². The van der Waals surface area contributed by atoms with E-state index in [4.69, 9.17) is 0 Å². The zero-order chi connectivity index (χ0) is 10.1. The summed E-state index contributed by atoms with van der Waals surface area (Å²) in [6, 6.07) is 16.3. The summed E-state index contributed by atoms with van der Waals surface area (Å²) in [5, 5.41) is 4.28. The molecule has 2 aromatic carbocycles. The van der Waals surface area contributed by atoms with Crippen molar-refractivity contribution in [3.63, 3.8) is 0 Å². The highest BCUT2D eigenvalue weighted by atomic mass is 15.0. The third-order valence-corrected chi connectivity index (χ3v) is 2.48. The average Bonchev–Trinajstić information content (AvgIpc) is 2.78. The van der Waals surface area contributed by atoms with E-state index in [1.807, 2.05) is 30.3 Å². The van der Waals surface area contributed by atoms with Crippen molar-refractivity contribution in [2.45, 2.75) is 0 Å². The molecule has 0 bridgehead atoms.